The zero-order valence-electron chi connectivity index (χ0n) is 27.6. The molecule has 1 aliphatic heterocycles. The van der Waals surface area contributed by atoms with E-state index in [9.17, 15) is 14.7 Å². The molecule has 2 N–H and O–H groups in total. The number of carbonyl (C=O) groups excluding carboxylic acids is 1. The van der Waals surface area contributed by atoms with Crippen LogP contribution in [0.1, 0.15) is 46.4 Å². The Morgan fingerprint density at radius 2 is 1.22 bits per heavy atom. The van der Waals surface area contributed by atoms with Crippen molar-refractivity contribution in [3.63, 3.8) is 0 Å². The summed E-state index contributed by atoms with van der Waals surface area (Å²) in [4.78, 5) is 33.4. The van der Waals surface area contributed by atoms with Gasteiger partial charge >= 0.3 is 11.9 Å². The van der Waals surface area contributed by atoms with Crippen molar-refractivity contribution in [3.05, 3.63) is 191 Å². The standard InChI is InChI=1S/C28H25N3O3S.C14H10O2/c32-26(33)25(31-34-18-20-16-17-20)24-19-35-27(29-24)30-28(21-10-4-1-5-11-21,22-12-6-2-7-13-22)23-14-8-3-9-15-23;15-13-14(16-13,11-7-3-1-4-8-11)12-9-5-2-6-10-12/h1-15,19-20H,16-18H2,(H,29,30)(H,32,33);1-10H. The predicted molar refractivity (Wildman–Crippen MR) is 198 cm³/mol. The summed E-state index contributed by atoms with van der Waals surface area (Å²) in [6, 6.07) is 49.7. The number of nitrogens with zero attached hydrogens (tertiary/aromatic N) is 2. The van der Waals surface area contributed by atoms with E-state index in [1.54, 1.807) is 5.38 Å². The maximum absolute atomic E-state index is 11.9. The molecule has 1 aliphatic carbocycles. The predicted octanol–water partition coefficient (Wildman–Crippen LogP) is 8.25. The molecule has 8 rings (SSSR count). The highest BCUT2D eigenvalue weighted by atomic mass is 32.1. The molecule has 0 amide bonds. The molecule has 6 aromatic rings. The van der Waals surface area contributed by atoms with Gasteiger partial charge in [0.1, 0.15) is 17.8 Å². The highest BCUT2D eigenvalue weighted by Gasteiger charge is 2.60. The van der Waals surface area contributed by atoms with Crippen LogP contribution in [0.3, 0.4) is 0 Å². The van der Waals surface area contributed by atoms with Gasteiger partial charge in [-0.3, -0.25) is 0 Å². The molecule has 51 heavy (non-hydrogen) atoms. The average Bonchev–Trinajstić information content (AvgIpc) is 4.10. The van der Waals surface area contributed by atoms with E-state index in [1.165, 1.54) is 11.3 Å². The lowest BCUT2D eigenvalue weighted by atomic mass is 9.77. The van der Waals surface area contributed by atoms with Gasteiger partial charge in [-0.25, -0.2) is 14.6 Å². The Labute approximate surface area is 300 Å². The normalized spacial score (nSPS) is 14.7. The lowest BCUT2D eigenvalue weighted by Gasteiger charge is -2.36. The minimum atomic E-state index is -1.17. The third kappa shape index (κ3) is 7.15. The maximum atomic E-state index is 11.9. The quantitative estimate of drug-likeness (QED) is 0.0575. The SMILES string of the molecule is O=C(O)C(=NOCC1CC1)c1csc(NC(c2ccccc2)(c2ccccc2)c2ccccc2)n1.O=C1OC1(c1ccccc1)c1ccccc1. The van der Waals surface area contributed by atoms with Crippen LogP contribution in [-0.4, -0.2) is 34.3 Å². The van der Waals surface area contributed by atoms with Crippen molar-refractivity contribution in [1.29, 1.82) is 0 Å². The Hall–Kier alpha value is -6.06. The summed E-state index contributed by atoms with van der Waals surface area (Å²) in [5.41, 5.74) is 3.38. The average molecular weight is 694 g/mol. The van der Waals surface area contributed by atoms with Gasteiger partial charge in [0.15, 0.2) is 5.13 Å². The van der Waals surface area contributed by atoms with Gasteiger partial charge in [0, 0.05) is 16.5 Å². The van der Waals surface area contributed by atoms with Crippen molar-refractivity contribution in [3.8, 4) is 0 Å². The lowest BCUT2D eigenvalue weighted by Crippen LogP contribution is -2.38. The summed E-state index contributed by atoms with van der Waals surface area (Å²) in [7, 11) is 0. The third-order valence-electron chi connectivity index (χ3n) is 8.88. The molecule has 5 aromatic carbocycles. The summed E-state index contributed by atoms with van der Waals surface area (Å²) >= 11 is 1.34. The van der Waals surface area contributed by atoms with E-state index in [1.807, 2.05) is 115 Å². The molecule has 254 valence electrons. The summed E-state index contributed by atoms with van der Waals surface area (Å²) in [5, 5.41) is 19.5. The van der Waals surface area contributed by atoms with E-state index in [-0.39, 0.29) is 17.4 Å². The van der Waals surface area contributed by atoms with E-state index >= 15 is 0 Å². The number of benzene rings is 5. The van der Waals surface area contributed by atoms with E-state index in [0.29, 0.717) is 17.7 Å². The number of thiazole rings is 1. The van der Waals surface area contributed by atoms with Gasteiger partial charge in [-0.1, -0.05) is 157 Å². The lowest BCUT2D eigenvalue weighted by molar-refractivity contribution is -0.129. The van der Waals surface area contributed by atoms with Crippen LogP contribution < -0.4 is 5.32 Å². The summed E-state index contributed by atoms with van der Waals surface area (Å²) < 4.78 is 5.24. The van der Waals surface area contributed by atoms with Gasteiger partial charge in [-0.05, 0) is 35.4 Å². The highest BCUT2D eigenvalue weighted by Crippen LogP contribution is 2.46. The Morgan fingerprint density at radius 1 is 0.784 bits per heavy atom. The van der Waals surface area contributed by atoms with Crippen molar-refractivity contribution < 1.29 is 24.3 Å². The number of nitrogens with one attached hydrogen (secondary N) is 1. The molecule has 0 spiro atoms. The van der Waals surface area contributed by atoms with Crippen LogP contribution in [0.4, 0.5) is 5.13 Å². The zero-order chi connectivity index (χ0) is 35.1. The van der Waals surface area contributed by atoms with Gasteiger partial charge in [-0.2, -0.15) is 0 Å². The molecular formula is C42H35N3O5S. The summed E-state index contributed by atoms with van der Waals surface area (Å²) in [5.74, 6) is -0.868. The van der Waals surface area contributed by atoms with Crippen molar-refractivity contribution in [2.75, 3.05) is 11.9 Å². The first-order chi connectivity index (χ1) is 25.0. The van der Waals surface area contributed by atoms with Crippen LogP contribution in [0.5, 0.6) is 0 Å². The molecule has 1 aromatic heterocycles. The molecule has 0 unspecified atom stereocenters. The van der Waals surface area contributed by atoms with Gasteiger partial charge < -0.3 is 20.0 Å². The van der Waals surface area contributed by atoms with E-state index < -0.39 is 17.1 Å². The minimum absolute atomic E-state index is 0.176. The summed E-state index contributed by atoms with van der Waals surface area (Å²) in [6.07, 6.45) is 2.20. The number of carboxylic acid groups (broad SMARTS) is 1. The highest BCUT2D eigenvalue weighted by molar-refractivity contribution is 7.14. The zero-order valence-corrected chi connectivity index (χ0v) is 28.4. The number of carbonyl (C=O) groups is 2. The molecule has 9 heteroatoms. The monoisotopic (exact) mass is 693 g/mol. The fraction of sp³-hybridized carbons (Fsp3) is 0.143. The number of aliphatic carboxylic acids is 1. The molecule has 0 bridgehead atoms. The Kier molecular flexibility index (Phi) is 9.72. The van der Waals surface area contributed by atoms with Crippen LogP contribution in [0, 0.1) is 5.92 Å². The van der Waals surface area contributed by atoms with Crippen LogP contribution >= 0.6 is 11.3 Å². The molecule has 2 fully saturated rings. The van der Waals surface area contributed by atoms with E-state index in [0.717, 1.165) is 40.7 Å². The first-order valence-electron chi connectivity index (χ1n) is 16.7. The number of carboxylic acids is 1. The minimum Gasteiger partial charge on any atom is -0.476 e. The number of aromatic nitrogens is 1. The first-order valence-corrected chi connectivity index (χ1v) is 17.6. The second-order valence-electron chi connectivity index (χ2n) is 12.3. The fourth-order valence-corrected chi connectivity index (χ4v) is 6.80. The smallest absolute Gasteiger partial charge is 0.362 e. The molecule has 1 saturated carbocycles. The molecule has 2 heterocycles. The third-order valence-corrected chi connectivity index (χ3v) is 9.64. The molecular weight excluding hydrogens is 659 g/mol. The van der Waals surface area contributed by atoms with Crippen LogP contribution in [0.15, 0.2) is 162 Å². The Bertz CT molecular complexity index is 1970. The Balaban J connectivity index is 0.000000210. The number of anilines is 1. The molecule has 1 saturated heterocycles. The first kappa shape index (κ1) is 33.4. The van der Waals surface area contributed by atoms with Crippen LogP contribution in [-0.2, 0) is 30.3 Å². The molecule has 8 nitrogen and oxygen atoms in total. The summed E-state index contributed by atoms with van der Waals surface area (Å²) in [6.45, 7) is 0.436. The molecule has 2 aliphatic rings. The van der Waals surface area contributed by atoms with E-state index in [2.05, 4.69) is 51.9 Å². The van der Waals surface area contributed by atoms with E-state index in [4.69, 9.17) is 9.57 Å². The van der Waals surface area contributed by atoms with Gasteiger partial charge in [0.2, 0.25) is 5.71 Å². The van der Waals surface area contributed by atoms with Crippen molar-refractivity contribution in [1.82, 2.24) is 4.98 Å². The number of oxime groups is 1. The second kappa shape index (κ2) is 14.8. The fourth-order valence-electron chi connectivity index (χ4n) is 6.05. The number of hydrogen-bond donors (Lipinski definition) is 2. The number of epoxide rings is 1. The van der Waals surface area contributed by atoms with Gasteiger partial charge in [0.25, 0.3) is 5.60 Å². The second-order valence-corrected chi connectivity index (χ2v) is 13.2. The molecule has 0 atom stereocenters. The number of ether oxygens (including phenoxy) is 1. The number of hydrogen-bond acceptors (Lipinski definition) is 8. The van der Waals surface area contributed by atoms with Crippen LogP contribution in [0.25, 0.3) is 0 Å². The van der Waals surface area contributed by atoms with Crippen LogP contribution in [0.2, 0.25) is 0 Å². The topological polar surface area (TPSA) is 113 Å². The number of cyclic esters (lactones) is 1. The molecule has 0 radical (unpaired) electrons. The number of rotatable bonds is 12. The van der Waals surface area contributed by atoms with Crippen molar-refractivity contribution in [2.24, 2.45) is 11.1 Å². The maximum Gasteiger partial charge on any atom is 0.362 e. The van der Waals surface area contributed by atoms with Gasteiger partial charge in [-0.15, -0.1) is 11.3 Å². The van der Waals surface area contributed by atoms with Crippen molar-refractivity contribution in [2.45, 2.75) is 24.0 Å². The largest absolute Gasteiger partial charge is 0.476 e. The van der Waals surface area contributed by atoms with Crippen molar-refractivity contribution >= 4 is 34.1 Å². The van der Waals surface area contributed by atoms with Gasteiger partial charge in [0.05, 0.1) is 0 Å². The Morgan fingerprint density at radius 3 is 1.61 bits per heavy atom.